The quantitative estimate of drug-likeness (QED) is 0.354. The number of nitriles is 1. The van der Waals surface area contributed by atoms with Crippen molar-refractivity contribution in [1.82, 2.24) is 19.4 Å². The second-order valence-corrected chi connectivity index (χ2v) is 11.1. The number of halogens is 2. The maximum Gasteiger partial charge on any atom is 0.410 e. The van der Waals surface area contributed by atoms with Crippen molar-refractivity contribution in [3.8, 4) is 6.07 Å². The maximum absolute atomic E-state index is 15.2. The first kappa shape index (κ1) is 24.7. The van der Waals surface area contributed by atoms with Gasteiger partial charge in [-0.3, -0.25) is 0 Å². The summed E-state index contributed by atoms with van der Waals surface area (Å²) in [7, 11) is 0. The van der Waals surface area contributed by atoms with Crippen LogP contribution < -0.4 is 0 Å². The smallest absolute Gasteiger partial charge is 0.410 e. The van der Waals surface area contributed by atoms with Gasteiger partial charge in [0.1, 0.15) is 21.7 Å². The molecule has 0 spiro atoms. The molecule has 7 nitrogen and oxygen atoms in total. The van der Waals surface area contributed by atoms with Crippen LogP contribution in [0.5, 0.6) is 0 Å². The fraction of sp³-hybridized carbons (Fsp3) is 0.500. The zero-order valence-electron chi connectivity index (χ0n) is 19.9. The molecule has 1 aliphatic heterocycles. The number of aromatic nitrogens is 3. The summed E-state index contributed by atoms with van der Waals surface area (Å²) < 4.78 is 23.2. The summed E-state index contributed by atoms with van der Waals surface area (Å²) >= 11 is 4.77. The largest absolute Gasteiger partial charge is 0.444 e. The SMILES string of the molecule is CSc1nc2c(F)c(Br)c(C)cc2c2c1ncn2C1CCN(C(=O)OC(C)(C)C)[C@H](CC#N)C1. The van der Waals surface area contributed by atoms with Crippen molar-refractivity contribution >= 4 is 55.7 Å². The lowest BCUT2D eigenvalue weighted by molar-refractivity contribution is 0.00618. The number of carbonyl (C=O) groups is 1. The monoisotopic (exact) mass is 547 g/mol. The molecule has 1 unspecified atom stereocenters. The van der Waals surface area contributed by atoms with Gasteiger partial charge in [-0.1, -0.05) is 0 Å². The first-order valence-corrected chi connectivity index (χ1v) is 13.1. The molecule has 180 valence electrons. The highest BCUT2D eigenvalue weighted by atomic mass is 79.9. The molecule has 0 saturated carbocycles. The Morgan fingerprint density at radius 1 is 1.41 bits per heavy atom. The number of ether oxygens (including phenoxy) is 1. The first-order valence-electron chi connectivity index (χ1n) is 11.1. The van der Waals surface area contributed by atoms with Crippen LogP contribution >= 0.6 is 27.7 Å². The van der Waals surface area contributed by atoms with E-state index in [9.17, 15) is 10.1 Å². The van der Waals surface area contributed by atoms with Gasteiger partial charge in [0.05, 0.1) is 28.8 Å². The number of hydrogen-bond donors (Lipinski definition) is 0. The molecule has 0 bridgehead atoms. The maximum atomic E-state index is 15.2. The van der Waals surface area contributed by atoms with E-state index in [1.807, 2.05) is 40.0 Å². The molecule has 3 aromatic rings. The van der Waals surface area contributed by atoms with Crippen LogP contribution in [0.15, 0.2) is 21.9 Å². The van der Waals surface area contributed by atoms with E-state index in [0.29, 0.717) is 39.8 Å². The molecule has 1 aliphatic rings. The Hall–Kier alpha value is -2.38. The van der Waals surface area contributed by atoms with Gasteiger partial charge in [0.25, 0.3) is 0 Å². The number of likely N-dealkylation sites (tertiary alicyclic amines) is 1. The van der Waals surface area contributed by atoms with E-state index in [1.165, 1.54) is 11.8 Å². The van der Waals surface area contributed by atoms with Crippen molar-refractivity contribution in [2.24, 2.45) is 0 Å². The van der Waals surface area contributed by atoms with Crippen LogP contribution in [-0.2, 0) is 4.74 Å². The van der Waals surface area contributed by atoms with E-state index in [1.54, 1.807) is 11.2 Å². The van der Waals surface area contributed by atoms with E-state index in [0.717, 1.165) is 16.6 Å². The number of fused-ring (bicyclic) bond motifs is 3. The molecule has 0 radical (unpaired) electrons. The summed E-state index contributed by atoms with van der Waals surface area (Å²) in [5, 5.41) is 10.8. The molecule has 1 aromatic carbocycles. The minimum Gasteiger partial charge on any atom is -0.444 e. The van der Waals surface area contributed by atoms with Gasteiger partial charge in [0, 0.05) is 24.0 Å². The Bertz CT molecular complexity index is 1310. The molecule has 2 aromatic heterocycles. The van der Waals surface area contributed by atoms with Gasteiger partial charge in [-0.05, 0) is 74.4 Å². The fourth-order valence-electron chi connectivity index (χ4n) is 4.53. The third-order valence-corrected chi connectivity index (χ3v) is 7.70. The number of imidazole rings is 1. The molecule has 4 rings (SSSR count). The van der Waals surface area contributed by atoms with Crippen molar-refractivity contribution in [1.29, 1.82) is 5.26 Å². The minimum atomic E-state index is -0.609. The summed E-state index contributed by atoms with van der Waals surface area (Å²) in [5.41, 5.74) is 2.03. The molecule has 0 N–H and O–H groups in total. The lowest BCUT2D eigenvalue weighted by Gasteiger charge is -2.39. The molecular weight excluding hydrogens is 521 g/mol. The predicted molar refractivity (Wildman–Crippen MR) is 134 cm³/mol. The molecule has 1 fully saturated rings. The Balaban J connectivity index is 1.79. The Labute approximate surface area is 210 Å². The van der Waals surface area contributed by atoms with Crippen LogP contribution in [0.25, 0.3) is 21.9 Å². The summed E-state index contributed by atoms with van der Waals surface area (Å²) in [6, 6.07) is 3.86. The molecule has 1 amide bonds. The normalized spacial score (nSPS) is 18.9. The van der Waals surface area contributed by atoms with E-state index in [2.05, 4.69) is 36.5 Å². The predicted octanol–water partition coefficient (Wildman–Crippen LogP) is 6.37. The standard InChI is InChI=1S/C24H27BrFN5O2S/c1-13-10-16-19(18(26)17(13)25)29-22(34-5)20-21(16)31(12-28-20)15-7-9-30(14(11-15)6-8-27)23(32)33-24(2,3)4/h10,12,14-15H,6-7,9,11H2,1-5H3/t14-,15?/m1/s1. The van der Waals surface area contributed by atoms with Crippen LogP contribution in [0.1, 0.15) is 51.6 Å². The second kappa shape index (κ2) is 9.34. The van der Waals surface area contributed by atoms with Gasteiger partial charge in [0.2, 0.25) is 0 Å². The number of pyridine rings is 1. The van der Waals surface area contributed by atoms with Gasteiger partial charge in [-0.25, -0.2) is 19.2 Å². The molecule has 0 aliphatic carbocycles. The summed E-state index contributed by atoms with van der Waals surface area (Å²) in [6.07, 6.45) is 4.73. The van der Waals surface area contributed by atoms with Gasteiger partial charge in [-0.2, -0.15) is 5.26 Å². The topological polar surface area (TPSA) is 84.0 Å². The lowest BCUT2D eigenvalue weighted by Crippen LogP contribution is -2.48. The number of thioether (sulfide) groups is 1. The highest BCUT2D eigenvalue weighted by Crippen LogP contribution is 2.39. The van der Waals surface area contributed by atoms with E-state index in [-0.39, 0.29) is 24.3 Å². The van der Waals surface area contributed by atoms with E-state index >= 15 is 4.39 Å². The highest BCUT2D eigenvalue weighted by molar-refractivity contribution is 9.10. The number of aryl methyl sites for hydroxylation is 1. The van der Waals surface area contributed by atoms with Crippen molar-refractivity contribution in [2.75, 3.05) is 12.8 Å². The van der Waals surface area contributed by atoms with Gasteiger partial charge in [-0.15, -0.1) is 11.8 Å². The third-order valence-electron chi connectivity index (χ3n) is 6.06. The average Bonchev–Trinajstić information content (AvgIpc) is 3.22. The number of carbonyl (C=O) groups excluding carboxylic acids is 1. The van der Waals surface area contributed by atoms with Gasteiger partial charge in [0.15, 0.2) is 5.82 Å². The van der Waals surface area contributed by atoms with E-state index < -0.39 is 11.7 Å². The average molecular weight is 548 g/mol. The molecule has 3 heterocycles. The molecule has 1 saturated heterocycles. The summed E-state index contributed by atoms with van der Waals surface area (Å²) in [5.74, 6) is -0.387. The minimum absolute atomic E-state index is 0.00522. The molecular formula is C24H27BrFN5O2S. The van der Waals surface area contributed by atoms with Crippen LogP contribution in [0, 0.1) is 24.1 Å². The first-order chi connectivity index (χ1) is 16.1. The number of benzene rings is 1. The zero-order chi connectivity index (χ0) is 24.8. The third kappa shape index (κ3) is 4.48. The molecule has 10 heteroatoms. The summed E-state index contributed by atoms with van der Waals surface area (Å²) in [6.45, 7) is 7.80. The molecule has 34 heavy (non-hydrogen) atoms. The fourth-order valence-corrected chi connectivity index (χ4v) is 5.36. The van der Waals surface area contributed by atoms with Crippen LogP contribution in [0.2, 0.25) is 0 Å². The van der Waals surface area contributed by atoms with Gasteiger partial charge < -0.3 is 14.2 Å². The van der Waals surface area contributed by atoms with Crippen molar-refractivity contribution < 1.29 is 13.9 Å². The second-order valence-electron chi connectivity index (χ2n) is 9.56. The van der Waals surface area contributed by atoms with Gasteiger partial charge >= 0.3 is 6.09 Å². The Morgan fingerprint density at radius 3 is 2.79 bits per heavy atom. The molecule has 2 atom stereocenters. The van der Waals surface area contributed by atoms with E-state index in [4.69, 9.17) is 4.74 Å². The van der Waals surface area contributed by atoms with Crippen molar-refractivity contribution in [2.45, 2.75) is 69.7 Å². The lowest BCUT2D eigenvalue weighted by atomic mass is 9.95. The Morgan fingerprint density at radius 2 is 2.15 bits per heavy atom. The Kier molecular flexibility index (Phi) is 6.80. The number of hydrogen-bond acceptors (Lipinski definition) is 6. The van der Waals surface area contributed by atoms with Crippen LogP contribution in [0.4, 0.5) is 9.18 Å². The van der Waals surface area contributed by atoms with Crippen LogP contribution in [0.3, 0.4) is 0 Å². The summed E-state index contributed by atoms with van der Waals surface area (Å²) in [4.78, 5) is 23.7. The van der Waals surface area contributed by atoms with Crippen LogP contribution in [-0.4, -0.2) is 50.0 Å². The zero-order valence-corrected chi connectivity index (χ0v) is 22.3. The van der Waals surface area contributed by atoms with Crippen molar-refractivity contribution in [3.63, 3.8) is 0 Å². The number of amides is 1. The highest BCUT2D eigenvalue weighted by Gasteiger charge is 2.35. The number of nitrogens with zero attached hydrogens (tertiary/aromatic N) is 5. The number of rotatable bonds is 3. The van der Waals surface area contributed by atoms with Crippen molar-refractivity contribution in [3.05, 3.63) is 28.2 Å². The number of piperidine rings is 1.